The zero-order valence-corrected chi connectivity index (χ0v) is 14.3. The van der Waals surface area contributed by atoms with Crippen LogP contribution in [0.4, 0.5) is 14.9 Å². The molecule has 2 aliphatic heterocycles. The number of ether oxygens (including phenoxy) is 1. The van der Waals surface area contributed by atoms with Crippen molar-refractivity contribution in [3.8, 4) is 11.1 Å². The summed E-state index contributed by atoms with van der Waals surface area (Å²) in [4.78, 5) is 26.8. The Labute approximate surface area is 154 Å². The van der Waals surface area contributed by atoms with E-state index in [-0.39, 0.29) is 13.2 Å². The number of rotatable bonds is 4. The van der Waals surface area contributed by atoms with Gasteiger partial charge in [0.2, 0.25) is 0 Å². The van der Waals surface area contributed by atoms with Crippen molar-refractivity contribution < 1.29 is 23.9 Å². The van der Waals surface area contributed by atoms with Crippen LogP contribution in [0.5, 0.6) is 0 Å². The molecule has 8 nitrogen and oxygen atoms in total. The van der Waals surface area contributed by atoms with Gasteiger partial charge in [0, 0.05) is 17.3 Å². The van der Waals surface area contributed by atoms with Crippen molar-refractivity contribution in [3.05, 3.63) is 48.0 Å². The summed E-state index contributed by atoms with van der Waals surface area (Å²) in [5, 5.41) is 9.11. The molecule has 2 N–H and O–H groups in total. The van der Waals surface area contributed by atoms with E-state index < -0.39 is 18.0 Å². The molecule has 2 aliphatic rings. The minimum atomic E-state index is -0.602. The van der Waals surface area contributed by atoms with Crippen LogP contribution < -0.4 is 10.4 Å². The highest BCUT2D eigenvalue weighted by Crippen LogP contribution is 2.28. The Morgan fingerprint density at radius 1 is 1.33 bits per heavy atom. The summed E-state index contributed by atoms with van der Waals surface area (Å²) in [7, 11) is 0. The van der Waals surface area contributed by atoms with Crippen molar-refractivity contribution in [2.75, 3.05) is 31.2 Å². The molecular weight excluding hydrogens is 355 g/mol. The lowest BCUT2D eigenvalue weighted by atomic mass is 10.1. The van der Waals surface area contributed by atoms with Crippen molar-refractivity contribution in [1.82, 2.24) is 10.5 Å². The first-order valence-electron chi connectivity index (χ1n) is 8.43. The number of benzene rings is 1. The Morgan fingerprint density at radius 3 is 2.85 bits per heavy atom. The summed E-state index contributed by atoms with van der Waals surface area (Å²) >= 11 is 0. The monoisotopic (exact) mass is 372 g/mol. The SMILES string of the molecule is O=C1O[C@@H](CO)CN1c1ccc(-c2ccc(C3=NCCON3)nc2)c(F)c1. The molecule has 0 unspecified atom stereocenters. The van der Waals surface area contributed by atoms with Crippen molar-refractivity contribution in [1.29, 1.82) is 0 Å². The second-order valence-corrected chi connectivity index (χ2v) is 6.08. The maximum absolute atomic E-state index is 14.6. The molecule has 0 aliphatic carbocycles. The fraction of sp³-hybridized carbons (Fsp3) is 0.278. The summed E-state index contributed by atoms with van der Waals surface area (Å²) in [6.07, 6.45) is 0.352. The van der Waals surface area contributed by atoms with Crippen molar-refractivity contribution >= 4 is 17.6 Å². The quantitative estimate of drug-likeness (QED) is 0.844. The van der Waals surface area contributed by atoms with E-state index in [1.807, 2.05) is 0 Å². The topological polar surface area (TPSA) is 96.3 Å². The van der Waals surface area contributed by atoms with Gasteiger partial charge in [-0.3, -0.25) is 19.7 Å². The summed E-state index contributed by atoms with van der Waals surface area (Å²) in [5.41, 5.74) is 4.64. The number of pyridine rings is 1. The number of amidine groups is 1. The number of hydrogen-bond donors (Lipinski definition) is 2. The highest BCUT2D eigenvalue weighted by atomic mass is 19.1. The van der Waals surface area contributed by atoms with Crippen LogP contribution in [-0.4, -0.2) is 54.4 Å². The van der Waals surface area contributed by atoms with Crippen LogP contribution in [-0.2, 0) is 9.57 Å². The van der Waals surface area contributed by atoms with Gasteiger partial charge in [0.15, 0.2) is 5.84 Å². The zero-order chi connectivity index (χ0) is 18.8. The van der Waals surface area contributed by atoms with Gasteiger partial charge < -0.3 is 9.84 Å². The Balaban J connectivity index is 1.56. The average molecular weight is 372 g/mol. The number of carbonyl (C=O) groups is 1. The lowest BCUT2D eigenvalue weighted by molar-refractivity contribution is 0.0824. The van der Waals surface area contributed by atoms with E-state index in [1.54, 1.807) is 30.5 Å². The summed E-state index contributed by atoms with van der Waals surface area (Å²) in [5.74, 6) is 0.0494. The fourth-order valence-electron chi connectivity index (χ4n) is 2.91. The van der Waals surface area contributed by atoms with Gasteiger partial charge in [-0.1, -0.05) is 6.07 Å². The van der Waals surface area contributed by atoms with E-state index in [0.29, 0.717) is 41.5 Å². The van der Waals surface area contributed by atoms with Crippen LogP contribution in [0.15, 0.2) is 41.5 Å². The van der Waals surface area contributed by atoms with Gasteiger partial charge in [-0.2, -0.15) is 0 Å². The maximum atomic E-state index is 14.6. The van der Waals surface area contributed by atoms with Gasteiger partial charge in [-0.05, 0) is 24.3 Å². The van der Waals surface area contributed by atoms with E-state index in [9.17, 15) is 9.18 Å². The van der Waals surface area contributed by atoms with Crippen molar-refractivity contribution in [2.45, 2.75) is 6.10 Å². The van der Waals surface area contributed by atoms with E-state index in [4.69, 9.17) is 14.7 Å². The number of aliphatic hydroxyl groups excluding tert-OH is 1. The summed E-state index contributed by atoms with van der Waals surface area (Å²) < 4.78 is 19.6. The first kappa shape index (κ1) is 17.4. The number of hydrogen-bond acceptors (Lipinski definition) is 7. The number of aromatic nitrogens is 1. The summed E-state index contributed by atoms with van der Waals surface area (Å²) in [6.45, 7) is 0.967. The first-order valence-corrected chi connectivity index (χ1v) is 8.43. The molecule has 0 spiro atoms. The van der Waals surface area contributed by atoms with E-state index in [2.05, 4.69) is 15.5 Å². The number of nitrogens with zero attached hydrogens (tertiary/aromatic N) is 3. The second-order valence-electron chi connectivity index (χ2n) is 6.08. The predicted molar refractivity (Wildman–Crippen MR) is 94.8 cm³/mol. The molecule has 1 saturated heterocycles. The molecule has 0 saturated carbocycles. The molecule has 0 bridgehead atoms. The molecular formula is C18H17FN4O4. The Morgan fingerprint density at radius 2 is 2.22 bits per heavy atom. The number of cyclic esters (lactones) is 1. The molecule has 1 fully saturated rings. The van der Waals surface area contributed by atoms with Gasteiger partial charge >= 0.3 is 6.09 Å². The second kappa shape index (κ2) is 7.29. The van der Waals surface area contributed by atoms with Gasteiger partial charge in [-0.25, -0.2) is 14.7 Å². The smallest absolute Gasteiger partial charge is 0.414 e. The molecule has 1 atom stereocenters. The number of aliphatic imine (C=N–C) groups is 1. The lowest BCUT2D eigenvalue weighted by Gasteiger charge is -2.15. The Kier molecular flexibility index (Phi) is 4.69. The molecule has 1 amide bonds. The minimum absolute atomic E-state index is 0.182. The van der Waals surface area contributed by atoms with Crippen molar-refractivity contribution in [2.24, 2.45) is 4.99 Å². The van der Waals surface area contributed by atoms with Crippen LogP contribution >= 0.6 is 0 Å². The molecule has 4 rings (SSSR count). The molecule has 27 heavy (non-hydrogen) atoms. The number of amides is 1. The number of hydroxylamine groups is 1. The Hall–Kier alpha value is -3.04. The zero-order valence-electron chi connectivity index (χ0n) is 14.3. The molecule has 2 aromatic rings. The average Bonchev–Trinajstić information content (AvgIpc) is 3.10. The maximum Gasteiger partial charge on any atom is 0.414 e. The minimum Gasteiger partial charge on any atom is -0.441 e. The third-order valence-corrected chi connectivity index (χ3v) is 4.29. The normalized spacial score (nSPS) is 19.5. The third kappa shape index (κ3) is 3.46. The van der Waals surface area contributed by atoms with Crippen molar-refractivity contribution in [3.63, 3.8) is 0 Å². The van der Waals surface area contributed by atoms with E-state index >= 15 is 0 Å². The van der Waals surface area contributed by atoms with Gasteiger partial charge in [0.1, 0.15) is 17.6 Å². The number of anilines is 1. The molecule has 140 valence electrons. The third-order valence-electron chi connectivity index (χ3n) is 4.29. The number of nitrogens with one attached hydrogen (secondary N) is 1. The number of aliphatic hydroxyl groups is 1. The predicted octanol–water partition coefficient (Wildman–Crippen LogP) is 1.49. The van der Waals surface area contributed by atoms with E-state index in [1.165, 1.54) is 11.0 Å². The molecule has 0 radical (unpaired) electrons. The van der Waals surface area contributed by atoms with Crippen LogP contribution in [0.2, 0.25) is 0 Å². The van der Waals surface area contributed by atoms with Crippen LogP contribution in [0, 0.1) is 5.82 Å². The molecule has 1 aromatic carbocycles. The highest BCUT2D eigenvalue weighted by Gasteiger charge is 2.32. The first-order chi connectivity index (χ1) is 13.2. The molecule has 1 aromatic heterocycles. The fourth-order valence-corrected chi connectivity index (χ4v) is 2.91. The van der Waals surface area contributed by atoms with Crippen LogP contribution in [0.25, 0.3) is 11.1 Å². The van der Waals surface area contributed by atoms with Gasteiger partial charge in [0.05, 0.1) is 32.0 Å². The van der Waals surface area contributed by atoms with Crippen LogP contribution in [0.1, 0.15) is 5.69 Å². The van der Waals surface area contributed by atoms with Crippen LogP contribution in [0.3, 0.4) is 0 Å². The molecule has 9 heteroatoms. The highest BCUT2D eigenvalue weighted by molar-refractivity contribution is 5.96. The standard InChI is InChI=1S/C18H17FN4O4/c19-15-7-12(23-9-13(10-24)27-18(23)25)2-3-14(15)11-1-4-16(21-8-11)17-20-5-6-26-22-17/h1-4,7-8,13,24H,5-6,9-10H2,(H,20,22)/t13-/m1/s1. The number of halogens is 1. The summed E-state index contributed by atoms with van der Waals surface area (Å²) in [6, 6.07) is 7.96. The largest absolute Gasteiger partial charge is 0.441 e. The van der Waals surface area contributed by atoms with E-state index in [0.717, 1.165) is 0 Å². The van der Waals surface area contributed by atoms with Gasteiger partial charge in [-0.15, -0.1) is 0 Å². The van der Waals surface area contributed by atoms with Gasteiger partial charge in [0.25, 0.3) is 0 Å². The molecule has 3 heterocycles. The Bertz CT molecular complexity index is 887. The lowest BCUT2D eigenvalue weighted by Crippen LogP contribution is -2.31. The number of carbonyl (C=O) groups excluding carboxylic acids is 1.